The predicted octanol–water partition coefficient (Wildman–Crippen LogP) is 6.30. The Morgan fingerprint density at radius 1 is 0.971 bits per heavy atom. The number of rotatable bonds is 5. The molecule has 10 heteroatoms. The maximum absolute atomic E-state index is 13.0. The Bertz CT molecular complexity index is 1110. The van der Waals surface area contributed by atoms with Gasteiger partial charge in [0.05, 0.1) is 17.2 Å². The minimum atomic E-state index is -5.01. The van der Waals surface area contributed by atoms with Crippen molar-refractivity contribution in [3.8, 4) is 6.07 Å². The summed E-state index contributed by atoms with van der Waals surface area (Å²) in [5, 5.41) is 14.1. The fraction of sp³-hybridized carbons (Fsp3) is 0.333. The van der Waals surface area contributed by atoms with Gasteiger partial charge in [-0.3, -0.25) is 4.79 Å². The van der Waals surface area contributed by atoms with Crippen molar-refractivity contribution in [3.63, 3.8) is 0 Å². The number of nitrogens with zero attached hydrogens (tertiary/aromatic N) is 1. The lowest BCUT2D eigenvalue weighted by atomic mass is 9.89. The highest BCUT2D eigenvalue weighted by atomic mass is 19.4. The van der Waals surface area contributed by atoms with Gasteiger partial charge in [0.1, 0.15) is 11.6 Å². The fourth-order valence-corrected chi connectivity index (χ4v) is 3.72. The van der Waals surface area contributed by atoms with E-state index in [1.54, 1.807) is 13.0 Å². The van der Waals surface area contributed by atoms with Crippen LogP contribution in [-0.4, -0.2) is 5.91 Å². The van der Waals surface area contributed by atoms with Crippen LogP contribution in [0.4, 0.5) is 32.0 Å². The summed E-state index contributed by atoms with van der Waals surface area (Å²) in [5.41, 5.74) is -0.806. The van der Waals surface area contributed by atoms with Gasteiger partial charge in [-0.05, 0) is 67.5 Å². The molecule has 0 bridgehead atoms. The smallest absolute Gasteiger partial charge is 0.360 e. The molecular formula is C24H21F6N3O. The Hall–Kier alpha value is -3.48. The summed E-state index contributed by atoms with van der Waals surface area (Å²) in [4.78, 5) is 12.5. The lowest BCUT2D eigenvalue weighted by molar-refractivity contribution is -0.143. The van der Waals surface area contributed by atoms with Gasteiger partial charge in [0.2, 0.25) is 0 Å². The van der Waals surface area contributed by atoms with Crippen molar-refractivity contribution in [2.24, 2.45) is 0 Å². The average Bonchev–Trinajstić information content (AvgIpc) is 2.77. The molecule has 0 saturated heterocycles. The summed E-state index contributed by atoms with van der Waals surface area (Å²) in [6.45, 7) is 1.72. The minimum Gasteiger partial charge on any atom is -0.360 e. The molecule has 3 rings (SSSR count). The van der Waals surface area contributed by atoms with Gasteiger partial charge >= 0.3 is 12.4 Å². The maximum Gasteiger partial charge on any atom is 0.416 e. The third kappa shape index (κ3) is 6.10. The second-order valence-electron chi connectivity index (χ2n) is 8.04. The molecule has 1 amide bonds. The quantitative estimate of drug-likeness (QED) is 0.299. The van der Waals surface area contributed by atoms with E-state index in [9.17, 15) is 36.4 Å². The number of aryl methyl sites for hydroxylation is 2. The third-order valence-corrected chi connectivity index (χ3v) is 5.56. The number of fused-ring (bicyclic) bond motifs is 1. The number of amides is 1. The van der Waals surface area contributed by atoms with Crippen LogP contribution in [0.3, 0.4) is 0 Å². The van der Waals surface area contributed by atoms with Crippen LogP contribution >= 0.6 is 0 Å². The molecule has 0 heterocycles. The highest BCUT2D eigenvalue weighted by Gasteiger charge is 2.37. The van der Waals surface area contributed by atoms with E-state index in [2.05, 4.69) is 10.6 Å². The zero-order chi connectivity index (χ0) is 25.1. The van der Waals surface area contributed by atoms with Crippen molar-refractivity contribution in [3.05, 3.63) is 76.0 Å². The first-order chi connectivity index (χ1) is 15.9. The topological polar surface area (TPSA) is 64.9 Å². The second-order valence-corrected chi connectivity index (χ2v) is 8.04. The van der Waals surface area contributed by atoms with Crippen LogP contribution in [0.1, 0.15) is 53.6 Å². The predicted molar refractivity (Wildman–Crippen MR) is 113 cm³/mol. The highest BCUT2D eigenvalue weighted by molar-refractivity contribution is 5.97. The summed E-state index contributed by atoms with van der Waals surface area (Å²) in [6.07, 6.45) is -5.11. The number of alkyl halides is 6. The lowest BCUT2D eigenvalue weighted by Crippen LogP contribution is -2.28. The Kier molecular flexibility index (Phi) is 7.24. The van der Waals surface area contributed by atoms with E-state index in [4.69, 9.17) is 0 Å². The monoisotopic (exact) mass is 481 g/mol. The molecule has 0 aromatic heterocycles. The van der Waals surface area contributed by atoms with Crippen LogP contribution < -0.4 is 10.6 Å². The van der Waals surface area contributed by atoms with Gasteiger partial charge in [0.15, 0.2) is 0 Å². The first kappa shape index (κ1) is 25.1. The van der Waals surface area contributed by atoms with E-state index in [0.717, 1.165) is 37.4 Å². The maximum atomic E-state index is 13.0. The van der Waals surface area contributed by atoms with Gasteiger partial charge in [0, 0.05) is 11.9 Å². The average molecular weight is 481 g/mol. The number of halogens is 6. The number of anilines is 1. The fourth-order valence-electron chi connectivity index (χ4n) is 3.72. The van der Waals surface area contributed by atoms with Crippen LogP contribution in [0.2, 0.25) is 0 Å². The van der Waals surface area contributed by atoms with Crippen molar-refractivity contribution in [2.45, 2.75) is 51.0 Å². The van der Waals surface area contributed by atoms with Gasteiger partial charge in [-0.25, -0.2) is 0 Å². The Balaban J connectivity index is 1.77. The zero-order valence-corrected chi connectivity index (χ0v) is 18.1. The van der Waals surface area contributed by atoms with Crippen molar-refractivity contribution in [1.29, 1.82) is 5.26 Å². The number of nitriles is 1. The Morgan fingerprint density at radius 3 is 2.12 bits per heavy atom. The molecule has 0 fully saturated rings. The highest BCUT2D eigenvalue weighted by Crippen LogP contribution is 2.37. The molecule has 34 heavy (non-hydrogen) atoms. The van der Waals surface area contributed by atoms with E-state index < -0.39 is 46.7 Å². The molecule has 1 atom stereocenters. The summed E-state index contributed by atoms with van der Waals surface area (Å²) < 4.78 is 78.1. The van der Waals surface area contributed by atoms with Crippen LogP contribution in [0.5, 0.6) is 0 Å². The first-order valence-electron chi connectivity index (χ1n) is 10.5. The number of hydrogen-bond acceptors (Lipinski definition) is 3. The number of carbonyl (C=O) groups is 1. The van der Waals surface area contributed by atoms with E-state index >= 15 is 0 Å². The molecule has 1 aliphatic rings. The largest absolute Gasteiger partial charge is 0.416 e. The van der Waals surface area contributed by atoms with Gasteiger partial charge in [0.25, 0.3) is 5.91 Å². The van der Waals surface area contributed by atoms with Gasteiger partial charge in [-0.1, -0.05) is 18.2 Å². The molecular weight excluding hydrogens is 460 g/mol. The number of carbonyl (C=O) groups excluding carboxylic acids is 1. The van der Waals surface area contributed by atoms with E-state index in [1.807, 2.05) is 18.2 Å². The number of benzene rings is 2. The molecule has 2 aromatic carbocycles. The molecule has 0 aliphatic heterocycles. The van der Waals surface area contributed by atoms with Gasteiger partial charge in [-0.15, -0.1) is 0 Å². The third-order valence-electron chi connectivity index (χ3n) is 5.56. The number of nitrogens with one attached hydrogen (secondary N) is 2. The van der Waals surface area contributed by atoms with Crippen molar-refractivity contribution >= 4 is 11.6 Å². The van der Waals surface area contributed by atoms with Crippen molar-refractivity contribution in [2.75, 3.05) is 5.32 Å². The first-order valence-corrected chi connectivity index (χ1v) is 10.5. The Morgan fingerprint density at radius 2 is 1.56 bits per heavy atom. The minimum absolute atomic E-state index is 0.00688. The van der Waals surface area contributed by atoms with Crippen LogP contribution in [-0.2, 0) is 30.0 Å². The zero-order valence-electron chi connectivity index (χ0n) is 18.1. The standard InChI is InChI=1S/C24H21F6N3O/c1-14(16-7-6-15-4-2-3-5-17(15)8-16)33-22(34)18(12-31)13-32-21-10-19(23(25,26)27)9-20(11-21)24(28,29)30/h6-11,13-14,32H,2-5H2,1H3,(H,33,34)/b18-13-. The van der Waals surface area contributed by atoms with E-state index in [-0.39, 0.29) is 6.07 Å². The molecule has 1 unspecified atom stereocenters. The molecule has 2 N–H and O–H groups in total. The summed E-state index contributed by atoms with van der Waals surface area (Å²) in [7, 11) is 0. The van der Waals surface area contributed by atoms with Crippen LogP contribution in [0.25, 0.3) is 0 Å². The summed E-state index contributed by atoms with van der Waals surface area (Å²) in [5.74, 6) is -0.816. The molecule has 0 saturated carbocycles. The van der Waals surface area contributed by atoms with Crippen LogP contribution in [0, 0.1) is 11.3 Å². The SMILES string of the molecule is CC(NC(=O)/C(C#N)=C\Nc1cc(C(F)(F)F)cc(C(F)(F)F)c1)c1ccc2c(c1)CCCC2. The van der Waals surface area contributed by atoms with Gasteiger partial charge < -0.3 is 10.6 Å². The molecule has 2 aromatic rings. The van der Waals surface area contributed by atoms with Crippen molar-refractivity contribution < 1.29 is 31.1 Å². The molecule has 180 valence electrons. The summed E-state index contributed by atoms with van der Waals surface area (Å²) in [6, 6.07) is 7.94. The van der Waals surface area contributed by atoms with E-state index in [0.29, 0.717) is 12.1 Å². The summed E-state index contributed by atoms with van der Waals surface area (Å²) >= 11 is 0. The molecule has 0 radical (unpaired) electrons. The molecule has 4 nitrogen and oxygen atoms in total. The lowest BCUT2D eigenvalue weighted by Gasteiger charge is -2.20. The Labute approximate surface area is 192 Å². The molecule has 0 spiro atoms. The normalized spacial score (nSPS) is 15.2. The van der Waals surface area contributed by atoms with E-state index in [1.165, 1.54) is 11.1 Å². The number of hydrogen-bond donors (Lipinski definition) is 2. The second kappa shape index (κ2) is 9.79. The molecule has 1 aliphatic carbocycles. The van der Waals surface area contributed by atoms with Crippen molar-refractivity contribution in [1.82, 2.24) is 5.32 Å². The van der Waals surface area contributed by atoms with Gasteiger partial charge in [-0.2, -0.15) is 31.6 Å². The van der Waals surface area contributed by atoms with Crippen LogP contribution in [0.15, 0.2) is 48.2 Å².